The summed E-state index contributed by atoms with van der Waals surface area (Å²) in [5.41, 5.74) is 0.648. The molecule has 0 spiro atoms. The summed E-state index contributed by atoms with van der Waals surface area (Å²) in [5, 5.41) is 21.2. The molecule has 0 bridgehead atoms. The molecule has 2 aromatic heterocycles. The van der Waals surface area contributed by atoms with Crippen molar-refractivity contribution in [1.82, 2.24) is 15.0 Å². The van der Waals surface area contributed by atoms with Crippen molar-refractivity contribution in [1.29, 1.82) is 0 Å². The van der Waals surface area contributed by atoms with E-state index in [-0.39, 0.29) is 11.6 Å². The average Bonchev–Trinajstić information content (AvgIpc) is 3.08. The standard InChI is InChI=1S/C15H19N5O3/c1-10-8-13(18-9-12(10)20(22)23)19-6-2-11(3-7-19)14(21)15-16-4-5-17-15/h4-5,8-9,11,14,21H,2-3,6-7H2,1H3,(H,16,17). The van der Waals surface area contributed by atoms with Crippen LogP contribution in [0.2, 0.25) is 0 Å². The normalized spacial score (nSPS) is 17.2. The van der Waals surface area contributed by atoms with Gasteiger partial charge >= 0.3 is 0 Å². The van der Waals surface area contributed by atoms with Crippen LogP contribution in [0.25, 0.3) is 0 Å². The Morgan fingerprint density at radius 2 is 2.17 bits per heavy atom. The maximum atomic E-state index is 10.9. The van der Waals surface area contributed by atoms with Crippen LogP contribution in [-0.2, 0) is 0 Å². The number of piperidine rings is 1. The van der Waals surface area contributed by atoms with Crippen LogP contribution in [0.5, 0.6) is 0 Å². The zero-order chi connectivity index (χ0) is 16.4. The summed E-state index contributed by atoms with van der Waals surface area (Å²) < 4.78 is 0. The predicted molar refractivity (Wildman–Crippen MR) is 84.1 cm³/mol. The topological polar surface area (TPSA) is 108 Å². The molecule has 0 amide bonds. The Kier molecular flexibility index (Phi) is 4.24. The number of rotatable bonds is 4. The number of nitrogens with zero attached hydrogens (tertiary/aromatic N) is 4. The quantitative estimate of drug-likeness (QED) is 0.659. The van der Waals surface area contributed by atoms with E-state index in [0.717, 1.165) is 31.7 Å². The molecule has 122 valence electrons. The van der Waals surface area contributed by atoms with E-state index in [1.54, 1.807) is 25.4 Å². The first-order chi connectivity index (χ1) is 11.1. The Balaban J connectivity index is 1.65. The number of hydrogen-bond donors (Lipinski definition) is 2. The van der Waals surface area contributed by atoms with Gasteiger partial charge in [-0.1, -0.05) is 0 Å². The minimum absolute atomic E-state index is 0.0388. The molecule has 0 radical (unpaired) electrons. The molecular weight excluding hydrogens is 298 g/mol. The predicted octanol–water partition coefficient (Wildman–Crippen LogP) is 1.97. The lowest BCUT2D eigenvalue weighted by Crippen LogP contribution is -2.36. The lowest BCUT2D eigenvalue weighted by Gasteiger charge is -2.34. The minimum atomic E-state index is -0.585. The molecule has 23 heavy (non-hydrogen) atoms. The molecule has 0 aliphatic carbocycles. The number of imidazole rings is 1. The van der Waals surface area contributed by atoms with Gasteiger partial charge in [-0.05, 0) is 31.7 Å². The highest BCUT2D eigenvalue weighted by molar-refractivity contribution is 5.48. The Bertz CT molecular complexity index is 680. The number of aromatic nitrogens is 3. The van der Waals surface area contributed by atoms with Gasteiger partial charge in [0.1, 0.15) is 23.9 Å². The molecule has 8 nitrogen and oxygen atoms in total. The number of aliphatic hydroxyl groups is 1. The second kappa shape index (κ2) is 6.33. The van der Waals surface area contributed by atoms with Crippen molar-refractivity contribution in [3.05, 3.63) is 46.2 Å². The second-order valence-corrected chi connectivity index (χ2v) is 5.83. The summed E-state index contributed by atoms with van der Waals surface area (Å²) in [6, 6.07) is 1.75. The smallest absolute Gasteiger partial charge is 0.290 e. The number of nitro groups is 1. The van der Waals surface area contributed by atoms with E-state index < -0.39 is 11.0 Å². The zero-order valence-electron chi connectivity index (χ0n) is 12.8. The van der Waals surface area contributed by atoms with Gasteiger partial charge in [0.2, 0.25) is 0 Å². The molecule has 1 aliphatic heterocycles. The van der Waals surface area contributed by atoms with Crippen LogP contribution in [0.1, 0.15) is 30.3 Å². The summed E-state index contributed by atoms with van der Waals surface area (Å²) in [7, 11) is 0. The second-order valence-electron chi connectivity index (χ2n) is 5.83. The van der Waals surface area contributed by atoms with Gasteiger partial charge < -0.3 is 15.0 Å². The van der Waals surface area contributed by atoms with Gasteiger partial charge in [-0.15, -0.1) is 0 Å². The molecule has 2 aromatic rings. The summed E-state index contributed by atoms with van der Waals surface area (Å²) in [5.74, 6) is 1.50. The molecule has 2 N–H and O–H groups in total. The molecule has 1 unspecified atom stereocenters. The molecule has 1 fully saturated rings. The fraction of sp³-hybridized carbons (Fsp3) is 0.467. The molecule has 0 saturated carbocycles. The molecule has 0 aromatic carbocycles. The maximum absolute atomic E-state index is 10.9. The van der Waals surface area contributed by atoms with Crippen molar-refractivity contribution in [2.45, 2.75) is 25.9 Å². The van der Waals surface area contributed by atoms with Crippen molar-refractivity contribution in [2.75, 3.05) is 18.0 Å². The van der Waals surface area contributed by atoms with Crippen LogP contribution in [0.4, 0.5) is 11.5 Å². The lowest BCUT2D eigenvalue weighted by molar-refractivity contribution is -0.385. The van der Waals surface area contributed by atoms with E-state index in [1.807, 2.05) is 0 Å². The first-order valence-electron chi connectivity index (χ1n) is 7.59. The Morgan fingerprint density at radius 1 is 1.43 bits per heavy atom. The van der Waals surface area contributed by atoms with Crippen LogP contribution in [0.15, 0.2) is 24.7 Å². The van der Waals surface area contributed by atoms with Gasteiger partial charge in [-0.2, -0.15) is 0 Å². The van der Waals surface area contributed by atoms with Crippen LogP contribution in [-0.4, -0.2) is 38.1 Å². The van der Waals surface area contributed by atoms with Gasteiger partial charge in [0.15, 0.2) is 0 Å². The number of nitrogens with one attached hydrogen (secondary N) is 1. The summed E-state index contributed by atoms with van der Waals surface area (Å²) in [6.07, 6.45) is 5.71. The van der Waals surface area contributed by atoms with E-state index in [1.165, 1.54) is 6.20 Å². The van der Waals surface area contributed by atoms with Crippen LogP contribution in [0, 0.1) is 23.0 Å². The molecule has 1 aliphatic rings. The van der Waals surface area contributed by atoms with Gasteiger partial charge in [0, 0.05) is 31.0 Å². The fourth-order valence-corrected chi connectivity index (χ4v) is 3.00. The highest BCUT2D eigenvalue weighted by atomic mass is 16.6. The number of aryl methyl sites for hydroxylation is 1. The molecule has 3 rings (SSSR count). The van der Waals surface area contributed by atoms with Crippen LogP contribution in [0.3, 0.4) is 0 Å². The highest BCUT2D eigenvalue weighted by Crippen LogP contribution is 2.31. The van der Waals surface area contributed by atoms with E-state index >= 15 is 0 Å². The summed E-state index contributed by atoms with van der Waals surface area (Å²) in [4.78, 5) is 23.8. The third kappa shape index (κ3) is 3.16. The molecule has 1 saturated heterocycles. The number of hydrogen-bond acceptors (Lipinski definition) is 6. The average molecular weight is 317 g/mol. The Hall–Kier alpha value is -2.48. The van der Waals surface area contributed by atoms with Gasteiger partial charge in [-0.3, -0.25) is 10.1 Å². The molecular formula is C15H19N5O3. The summed E-state index contributed by atoms with van der Waals surface area (Å²) in [6.45, 7) is 3.23. The van der Waals surface area contributed by atoms with Crippen molar-refractivity contribution < 1.29 is 10.0 Å². The van der Waals surface area contributed by atoms with Crippen molar-refractivity contribution in [3.63, 3.8) is 0 Å². The van der Waals surface area contributed by atoms with E-state index in [9.17, 15) is 15.2 Å². The van der Waals surface area contributed by atoms with Crippen LogP contribution < -0.4 is 4.90 Å². The van der Waals surface area contributed by atoms with Crippen molar-refractivity contribution in [2.24, 2.45) is 5.92 Å². The molecule has 8 heteroatoms. The van der Waals surface area contributed by atoms with Crippen LogP contribution >= 0.6 is 0 Å². The number of pyridine rings is 1. The van der Waals surface area contributed by atoms with Crippen molar-refractivity contribution >= 4 is 11.5 Å². The largest absolute Gasteiger partial charge is 0.385 e. The van der Waals surface area contributed by atoms with E-state index in [4.69, 9.17) is 0 Å². The van der Waals surface area contributed by atoms with Gasteiger partial charge in [0.05, 0.1) is 4.92 Å². The van der Waals surface area contributed by atoms with Crippen molar-refractivity contribution in [3.8, 4) is 0 Å². The molecule has 1 atom stereocenters. The first-order valence-corrected chi connectivity index (χ1v) is 7.59. The third-order valence-corrected chi connectivity index (χ3v) is 4.38. The Morgan fingerprint density at radius 3 is 2.74 bits per heavy atom. The van der Waals surface area contributed by atoms with E-state index in [2.05, 4.69) is 19.9 Å². The monoisotopic (exact) mass is 317 g/mol. The highest BCUT2D eigenvalue weighted by Gasteiger charge is 2.28. The molecule has 3 heterocycles. The third-order valence-electron chi connectivity index (χ3n) is 4.38. The minimum Gasteiger partial charge on any atom is -0.385 e. The SMILES string of the molecule is Cc1cc(N2CCC(C(O)c3ncc[nH]3)CC2)ncc1[N+](=O)[O-]. The number of H-pyrrole nitrogens is 1. The van der Waals surface area contributed by atoms with E-state index in [0.29, 0.717) is 11.4 Å². The van der Waals surface area contributed by atoms with Gasteiger partial charge in [-0.25, -0.2) is 9.97 Å². The fourth-order valence-electron chi connectivity index (χ4n) is 3.00. The van der Waals surface area contributed by atoms with Gasteiger partial charge in [0.25, 0.3) is 5.69 Å². The number of anilines is 1. The summed E-state index contributed by atoms with van der Waals surface area (Å²) >= 11 is 0. The maximum Gasteiger partial charge on any atom is 0.290 e. The number of aromatic amines is 1. The Labute approximate surface area is 133 Å². The lowest BCUT2D eigenvalue weighted by atomic mass is 9.91. The zero-order valence-corrected chi connectivity index (χ0v) is 12.8. The first kappa shape index (κ1) is 15.4. The number of aliphatic hydroxyl groups excluding tert-OH is 1.